The van der Waals surface area contributed by atoms with Crippen LogP contribution in [0.5, 0.6) is 5.75 Å². The number of phenols is 1. The van der Waals surface area contributed by atoms with Gasteiger partial charge in [-0.25, -0.2) is 0 Å². The average Bonchev–Trinajstić information content (AvgIpc) is 0.854. The maximum atomic E-state index is 14.4. The van der Waals surface area contributed by atoms with Crippen LogP contribution < -0.4 is 140 Å². The van der Waals surface area contributed by atoms with E-state index in [-0.39, 0.29) is 109 Å². The van der Waals surface area contributed by atoms with Crippen molar-refractivity contribution in [3.63, 3.8) is 0 Å². The van der Waals surface area contributed by atoms with E-state index < -0.39 is 293 Å². The van der Waals surface area contributed by atoms with Crippen LogP contribution in [0.4, 0.5) is 0 Å². The Hall–Kier alpha value is -11.3. The summed E-state index contributed by atoms with van der Waals surface area (Å²) in [7, 11) is 0. The number of phenolic OH excluding ortho intramolecular Hbond substituents is 1. The Kier molecular flexibility index (Phi) is 55.6. The van der Waals surface area contributed by atoms with Crippen LogP contribution >= 0.6 is 75.8 Å². The number of nitrogens with one attached hydrogen (secondary N) is 26. The van der Waals surface area contributed by atoms with Crippen LogP contribution in [0.15, 0.2) is 24.3 Å². The lowest BCUT2D eigenvalue weighted by Crippen LogP contribution is -2.61. The Morgan fingerprint density at radius 1 is 0.311 bits per heavy atom. The fraction of sp³-hybridized carbons (Fsp3) is 0.636. The van der Waals surface area contributed by atoms with Crippen molar-refractivity contribution in [1.82, 2.24) is 117 Å². The van der Waals surface area contributed by atoms with Gasteiger partial charge in [-0.05, 0) is 86.8 Å². The predicted molar refractivity (Wildman–Crippen MR) is 509 cm³/mol. The molecule has 1 saturated heterocycles. The molecule has 0 bridgehead atoms. The first-order valence-corrected chi connectivity index (χ1v) is 46.3. The molecule has 1 aromatic carbocycles. The number of carbonyl (C=O) groups excluding carboxylic acids is 18. The van der Waals surface area contributed by atoms with Crippen LogP contribution in [0, 0.1) is 39.4 Å². The Balaban J connectivity index is 2.83. The summed E-state index contributed by atoms with van der Waals surface area (Å²) in [5.74, 6) is -23.9. The van der Waals surface area contributed by atoms with Crippen molar-refractivity contribution in [3.05, 3.63) is 29.8 Å². The average molecular weight is 1970 g/mol. The number of carbonyl (C=O) groups is 18. The lowest BCUT2D eigenvalue weighted by atomic mass is 9.97. The van der Waals surface area contributed by atoms with E-state index in [4.69, 9.17) is 44.6 Å². The van der Waals surface area contributed by atoms with Crippen LogP contribution in [0.3, 0.4) is 0 Å². The van der Waals surface area contributed by atoms with Crippen LogP contribution in [-0.4, -0.2) is 307 Å². The molecule has 0 saturated carbocycles. The highest BCUT2D eigenvalue weighted by atomic mass is 32.1. The molecule has 1 aliphatic rings. The van der Waals surface area contributed by atoms with Crippen molar-refractivity contribution in [2.75, 3.05) is 86.9 Å². The molecule has 0 aliphatic carbocycles. The highest BCUT2D eigenvalue weighted by Gasteiger charge is 2.39. The van der Waals surface area contributed by atoms with E-state index in [1.54, 1.807) is 41.5 Å². The second-order valence-corrected chi connectivity index (χ2v) is 33.0. The summed E-state index contributed by atoms with van der Waals surface area (Å²) in [6.45, 7) is 6.49. The molecular formula is C77H132N30O19S6. The van der Waals surface area contributed by atoms with Crippen molar-refractivity contribution in [2.45, 2.75) is 203 Å². The molecule has 1 heterocycles. The van der Waals surface area contributed by atoms with Gasteiger partial charge in [-0.15, -0.1) is 0 Å². The van der Waals surface area contributed by atoms with Gasteiger partial charge in [0.15, 0.2) is 23.8 Å². The molecule has 0 unspecified atom stereocenters. The number of amides is 18. The molecule has 35 N–H and O–H groups in total. The third-order valence-corrected chi connectivity index (χ3v) is 22.7. The fourth-order valence-electron chi connectivity index (χ4n) is 12.3. The molecule has 0 radical (unpaired) electrons. The number of rotatable bonds is 30. The monoisotopic (exact) mass is 1970 g/mol. The summed E-state index contributed by atoms with van der Waals surface area (Å²) in [6, 6.07) is -15.7. The third kappa shape index (κ3) is 44.3. The van der Waals surface area contributed by atoms with Crippen molar-refractivity contribution >= 4 is 206 Å². The van der Waals surface area contributed by atoms with Gasteiger partial charge in [0, 0.05) is 67.1 Å². The van der Waals surface area contributed by atoms with Gasteiger partial charge in [0.05, 0.1) is 26.2 Å². The van der Waals surface area contributed by atoms with E-state index in [0.29, 0.717) is 5.56 Å². The van der Waals surface area contributed by atoms with E-state index >= 15 is 0 Å². The van der Waals surface area contributed by atoms with E-state index in [9.17, 15) is 91.4 Å². The molecule has 18 amide bonds. The first-order valence-electron chi connectivity index (χ1n) is 42.5. The van der Waals surface area contributed by atoms with Gasteiger partial charge in [0.25, 0.3) is 0 Å². The zero-order valence-electron chi connectivity index (χ0n) is 74.3. The van der Waals surface area contributed by atoms with E-state index in [1.807, 2.05) is 0 Å². The predicted octanol–water partition coefficient (Wildman–Crippen LogP) is -10.0. The standard InChI is InChI=1S/C77H132N30O19S6/c1-7-37(4)57-71(124)104-50(34-130)68(121)98-45(17-13-25-89-77(84)85)65(118)100-52(36-132)70(123)107-59(39(6)9-3)73(126)102-47(31-127)62(115)92-27-53(109)94-42(14-10-22-86-74(78)79)60(113)90-29-55(111)96-46(26-40-18-20-41(108)21-19-40)66(119)101-49(33-129)67(120)97-44(16-12-24-88-76(82)83)64(117)99-51(35-131)69(122)106-58(38(5)8-2)72(125)103-48(32-128)63(116)93-28-54(110)95-43(15-11-23-87-75(80)81)61(114)91-30-56(112)105-57/h18-21,37-39,42-52,57-59,108,127-132H,7-17,22-36H2,1-6H3,(H,90,113)(H,91,114)(H,92,115)(H,93,116)(H,94,109)(H,95,110)(H,96,111)(H,97,120)(H,98,121)(H,99,117)(H,100,118)(H,101,119)(H,102,126)(H,103,125)(H,104,124)(H,105,112)(H,106,122)(H,107,123)(H4,78,79,86)(H4,80,81,87)(H4,82,83,88)(H4,84,85,89)/t37-,38-,39-,42-,43-,44-,45-,46-,47-,48-,49-,50-,51-,52-,57-,58-,59-/m0/s1. The topological polar surface area (TPSA) is 792 Å². The number of hydrogen-bond donors (Lipinski definition) is 37. The minimum Gasteiger partial charge on any atom is -0.508 e. The molecule has 55 heteroatoms. The number of nitrogens with two attached hydrogens (primary N) is 4. The number of thiol groups is 6. The molecule has 49 nitrogen and oxygen atoms in total. The van der Waals surface area contributed by atoms with Gasteiger partial charge in [-0.3, -0.25) is 108 Å². The summed E-state index contributed by atoms with van der Waals surface area (Å²) in [5.41, 5.74) is 22.3. The molecule has 1 aliphatic heterocycles. The number of aromatic hydroxyl groups is 1. The highest BCUT2D eigenvalue weighted by molar-refractivity contribution is 7.81. The molecule has 1 fully saturated rings. The Bertz CT molecular complexity index is 4120. The van der Waals surface area contributed by atoms with E-state index in [0.717, 1.165) is 0 Å². The van der Waals surface area contributed by atoms with Gasteiger partial charge < -0.3 is 145 Å². The normalized spacial score (nSPS) is 24.5. The molecule has 1 aromatic rings. The van der Waals surface area contributed by atoms with Gasteiger partial charge in [-0.1, -0.05) is 72.9 Å². The first kappa shape index (κ1) is 117. The first-order chi connectivity index (χ1) is 62.4. The van der Waals surface area contributed by atoms with Crippen LogP contribution in [0.25, 0.3) is 0 Å². The van der Waals surface area contributed by atoms with E-state index in [1.165, 1.54) is 24.3 Å². The summed E-state index contributed by atoms with van der Waals surface area (Å²) in [4.78, 5) is 254. The van der Waals surface area contributed by atoms with Crippen LogP contribution in [-0.2, 0) is 92.7 Å². The van der Waals surface area contributed by atoms with E-state index in [2.05, 4.69) is 193 Å². The zero-order chi connectivity index (χ0) is 99.4. The van der Waals surface area contributed by atoms with Crippen molar-refractivity contribution in [2.24, 2.45) is 40.7 Å². The molecule has 740 valence electrons. The summed E-state index contributed by atoms with van der Waals surface area (Å²) in [6.07, 6.45) is -0.136. The number of guanidine groups is 4. The maximum Gasteiger partial charge on any atom is 0.244 e. The Morgan fingerprint density at radius 3 is 0.780 bits per heavy atom. The second kappa shape index (κ2) is 62.9. The highest BCUT2D eigenvalue weighted by Crippen LogP contribution is 2.17. The zero-order valence-corrected chi connectivity index (χ0v) is 79.7. The summed E-state index contributed by atoms with van der Waals surface area (Å²) in [5, 5.41) is 95.6. The van der Waals surface area contributed by atoms with Gasteiger partial charge >= 0.3 is 0 Å². The molecule has 0 spiro atoms. The van der Waals surface area contributed by atoms with Gasteiger partial charge in [0.1, 0.15) is 90.3 Å². The lowest BCUT2D eigenvalue weighted by Gasteiger charge is -2.29. The van der Waals surface area contributed by atoms with Crippen molar-refractivity contribution < 1.29 is 91.4 Å². The minimum absolute atomic E-state index is 0.00308. The minimum atomic E-state index is -1.60. The second-order valence-electron chi connectivity index (χ2n) is 30.8. The summed E-state index contributed by atoms with van der Waals surface area (Å²) >= 11 is 25.7. The molecule has 2 rings (SSSR count). The third-order valence-electron chi connectivity index (χ3n) is 20.5. The Morgan fingerprint density at radius 2 is 0.515 bits per heavy atom. The lowest BCUT2D eigenvalue weighted by molar-refractivity contribution is -0.136. The Labute approximate surface area is 797 Å². The summed E-state index contributed by atoms with van der Waals surface area (Å²) < 4.78 is 0. The van der Waals surface area contributed by atoms with Gasteiger partial charge in [-0.2, -0.15) is 75.8 Å². The fourth-order valence-corrected chi connectivity index (χ4v) is 13.9. The molecule has 17 atom stereocenters. The van der Waals surface area contributed by atoms with Crippen LogP contribution in [0.2, 0.25) is 0 Å². The maximum absolute atomic E-state index is 14.4. The van der Waals surface area contributed by atoms with Crippen LogP contribution in [0.1, 0.15) is 118 Å². The smallest absolute Gasteiger partial charge is 0.244 e. The molecule has 132 heavy (non-hydrogen) atoms. The van der Waals surface area contributed by atoms with Crippen molar-refractivity contribution in [3.8, 4) is 5.75 Å². The number of hydrogen-bond acceptors (Lipinski definition) is 29. The largest absolute Gasteiger partial charge is 0.508 e. The molecule has 0 aromatic heterocycles. The van der Waals surface area contributed by atoms with Gasteiger partial charge in [0.2, 0.25) is 106 Å². The van der Waals surface area contributed by atoms with Crippen molar-refractivity contribution in [1.29, 1.82) is 21.6 Å². The SMILES string of the molecule is CC[C@H](C)[C@@H]1NC(=O)CNC(=O)[C@H](CCCNC(=N)N)NC(=O)CNC(=O)[C@H](CS)NC(=O)[C@H]([C@@H](C)CC)NC(=O)[C@H](CS)NC(=O)[C@H](CCCNC(=N)N)NC(=O)[C@H](CS)NC(=O)[C@H](Cc2ccc(O)cc2)NC(=O)CNC(=O)[C@H](CCCNC(=N)N)NC(=O)CNC(=O)[C@H](CS)NC(=O)[C@H]([C@@H](C)CC)NC(=O)[C@H](CS)NC(=O)[C@H](CCCNC(=N)N)NC(=O)[C@H](CS)NC1=O. The quantitative estimate of drug-likeness (QED) is 0.0147. The molecular weight excluding hydrogens is 1840 g/mol. The number of benzene rings is 1.